The van der Waals surface area contributed by atoms with Crippen LogP contribution in [0.2, 0.25) is 0 Å². The zero-order chi connectivity index (χ0) is 7.11. The number of carbonyl (C=O) groups is 1. The Bertz CT molecular complexity index is 89.0. The molecule has 0 aliphatic rings. The molecule has 0 unspecified atom stereocenters. The van der Waals surface area contributed by atoms with Crippen LogP contribution in [0.5, 0.6) is 0 Å². The zero-order valence-corrected chi connectivity index (χ0v) is 8.13. The molecule has 4 nitrogen and oxygen atoms in total. The summed E-state index contributed by atoms with van der Waals surface area (Å²) in [6.45, 7) is 0.634. The van der Waals surface area contributed by atoms with E-state index in [1.54, 1.807) is 0 Å². The third-order valence-corrected chi connectivity index (χ3v) is 0.788. The molecule has 0 aliphatic carbocycles. The number of aliphatic hydroxyl groups is 1. The van der Waals surface area contributed by atoms with Gasteiger partial charge < -0.3 is 15.5 Å². The van der Waals surface area contributed by atoms with Crippen molar-refractivity contribution >= 4 is 35.5 Å². The summed E-state index contributed by atoms with van der Waals surface area (Å²) < 4.78 is 0. The Hall–Kier alpha value is 0.390. The third-order valence-electron chi connectivity index (χ3n) is 0.788. The van der Waals surface area contributed by atoms with Crippen molar-refractivity contribution in [2.24, 2.45) is 0 Å². The van der Waals surface area contributed by atoms with Gasteiger partial charge in [0.1, 0.15) is 0 Å². The zero-order valence-electron chi connectivity index (χ0n) is 6.13. The standard InChI is InChI=1S/C5H11NO3.Na/c7-3-1-2-6-4-5(8)9;/h6-7H,1-4H2,(H,8,9);. The van der Waals surface area contributed by atoms with E-state index in [9.17, 15) is 4.79 Å². The van der Waals surface area contributed by atoms with Gasteiger partial charge >= 0.3 is 5.97 Å². The van der Waals surface area contributed by atoms with Gasteiger partial charge in [-0.05, 0) is 13.0 Å². The maximum atomic E-state index is 9.84. The largest absolute Gasteiger partial charge is 0.480 e. The number of nitrogens with one attached hydrogen (secondary N) is 1. The van der Waals surface area contributed by atoms with Gasteiger partial charge in [0.15, 0.2) is 0 Å². The topological polar surface area (TPSA) is 69.6 Å². The Morgan fingerprint density at radius 1 is 1.50 bits per heavy atom. The molecule has 0 aromatic rings. The summed E-state index contributed by atoms with van der Waals surface area (Å²) in [5.41, 5.74) is 0. The van der Waals surface area contributed by atoms with E-state index in [2.05, 4.69) is 5.32 Å². The van der Waals surface area contributed by atoms with Gasteiger partial charge in [0.25, 0.3) is 0 Å². The number of carboxylic acid groups (broad SMARTS) is 1. The molecule has 0 amide bonds. The van der Waals surface area contributed by atoms with Crippen LogP contribution >= 0.6 is 0 Å². The van der Waals surface area contributed by atoms with Crippen molar-refractivity contribution in [3.05, 3.63) is 0 Å². The Morgan fingerprint density at radius 2 is 2.10 bits per heavy atom. The van der Waals surface area contributed by atoms with Crippen LogP contribution in [-0.4, -0.2) is 65.4 Å². The molecule has 0 atom stereocenters. The van der Waals surface area contributed by atoms with Crippen LogP contribution in [0.1, 0.15) is 6.42 Å². The van der Waals surface area contributed by atoms with Crippen molar-refractivity contribution in [3.63, 3.8) is 0 Å². The summed E-state index contributed by atoms with van der Waals surface area (Å²) in [6.07, 6.45) is 0.604. The number of aliphatic hydroxyl groups excluding tert-OH is 1. The first-order chi connectivity index (χ1) is 4.27. The average molecular weight is 156 g/mol. The summed E-state index contributed by atoms with van der Waals surface area (Å²) in [7, 11) is 0. The maximum absolute atomic E-state index is 9.84. The molecular weight excluding hydrogens is 145 g/mol. The molecule has 1 radical (unpaired) electrons. The van der Waals surface area contributed by atoms with E-state index in [1.165, 1.54) is 0 Å². The molecule has 10 heavy (non-hydrogen) atoms. The number of carboxylic acids is 1. The molecule has 0 heterocycles. The molecule has 0 saturated carbocycles. The second-order valence-electron chi connectivity index (χ2n) is 1.65. The maximum Gasteiger partial charge on any atom is 0.317 e. The molecule has 0 fully saturated rings. The Kier molecular flexibility index (Phi) is 12.2. The Labute approximate surface area is 81.9 Å². The van der Waals surface area contributed by atoms with Crippen molar-refractivity contribution in [3.8, 4) is 0 Å². The van der Waals surface area contributed by atoms with Crippen molar-refractivity contribution in [2.75, 3.05) is 19.7 Å². The van der Waals surface area contributed by atoms with Gasteiger partial charge in [0.05, 0.1) is 6.54 Å². The van der Waals surface area contributed by atoms with Gasteiger partial charge in [0.2, 0.25) is 0 Å². The van der Waals surface area contributed by atoms with Crippen molar-refractivity contribution in [2.45, 2.75) is 6.42 Å². The van der Waals surface area contributed by atoms with E-state index in [0.717, 1.165) is 0 Å². The first kappa shape index (κ1) is 13.0. The van der Waals surface area contributed by atoms with Gasteiger partial charge in [0, 0.05) is 36.2 Å². The van der Waals surface area contributed by atoms with Gasteiger partial charge in [-0.1, -0.05) is 0 Å². The van der Waals surface area contributed by atoms with Gasteiger partial charge in [-0.2, -0.15) is 0 Å². The van der Waals surface area contributed by atoms with Crippen LogP contribution in [0.25, 0.3) is 0 Å². The van der Waals surface area contributed by atoms with Crippen LogP contribution in [-0.2, 0) is 4.79 Å². The number of aliphatic carboxylic acids is 1. The fraction of sp³-hybridized carbons (Fsp3) is 0.800. The molecule has 0 aromatic heterocycles. The van der Waals surface area contributed by atoms with Gasteiger partial charge in [-0.15, -0.1) is 0 Å². The second kappa shape index (κ2) is 9.39. The molecular formula is C5H11NNaO3. The predicted molar refractivity (Wildman–Crippen MR) is 38.0 cm³/mol. The molecule has 0 saturated heterocycles. The number of hydrogen-bond donors (Lipinski definition) is 3. The van der Waals surface area contributed by atoms with E-state index in [4.69, 9.17) is 10.2 Å². The molecule has 0 aromatic carbocycles. The molecule has 0 spiro atoms. The van der Waals surface area contributed by atoms with Crippen LogP contribution in [0.3, 0.4) is 0 Å². The first-order valence-corrected chi connectivity index (χ1v) is 2.80. The predicted octanol–water partition coefficient (Wildman–Crippen LogP) is -1.34. The minimum atomic E-state index is -0.868. The van der Waals surface area contributed by atoms with Crippen LogP contribution < -0.4 is 5.32 Å². The minimum Gasteiger partial charge on any atom is -0.480 e. The average Bonchev–Trinajstić information content (AvgIpc) is 1.80. The Balaban J connectivity index is 0. The van der Waals surface area contributed by atoms with Crippen LogP contribution in [0.15, 0.2) is 0 Å². The third kappa shape index (κ3) is 11.2. The van der Waals surface area contributed by atoms with Crippen LogP contribution in [0.4, 0.5) is 0 Å². The van der Waals surface area contributed by atoms with E-state index in [0.29, 0.717) is 13.0 Å². The van der Waals surface area contributed by atoms with Crippen molar-refractivity contribution in [1.82, 2.24) is 5.32 Å². The number of hydrogen-bond acceptors (Lipinski definition) is 3. The molecule has 55 valence electrons. The SMILES string of the molecule is O=C(O)CNCCCO.[Na]. The molecule has 5 heteroatoms. The smallest absolute Gasteiger partial charge is 0.317 e. The summed E-state index contributed by atoms with van der Waals surface area (Å²) in [4.78, 5) is 9.84. The summed E-state index contributed by atoms with van der Waals surface area (Å²) in [6, 6.07) is 0. The van der Waals surface area contributed by atoms with Crippen molar-refractivity contribution in [1.29, 1.82) is 0 Å². The fourth-order valence-electron chi connectivity index (χ4n) is 0.399. The quantitative estimate of drug-likeness (QED) is 0.340. The summed E-state index contributed by atoms with van der Waals surface area (Å²) in [5, 5.41) is 19.0. The number of rotatable bonds is 5. The molecule has 0 aliphatic heterocycles. The van der Waals surface area contributed by atoms with Gasteiger partial charge in [-0.3, -0.25) is 4.79 Å². The normalized spacial score (nSPS) is 8.50. The van der Waals surface area contributed by atoms with Gasteiger partial charge in [-0.25, -0.2) is 0 Å². The minimum absolute atomic E-state index is 0. The summed E-state index contributed by atoms with van der Waals surface area (Å²) >= 11 is 0. The molecule has 0 bridgehead atoms. The molecule has 0 rings (SSSR count). The monoisotopic (exact) mass is 156 g/mol. The fourth-order valence-corrected chi connectivity index (χ4v) is 0.399. The van der Waals surface area contributed by atoms with E-state index < -0.39 is 5.97 Å². The Morgan fingerprint density at radius 3 is 2.50 bits per heavy atom. The molecule has 3 N–H and O–H groups in total. The summed E-state index contributed by atoms with van der Waals surface area (Å²) in [5.74, 6) is -0.868. The van der Waals surface area contributed by atoms with E-state index in [1.807, 2.05) is 0 Å². The van der Waals surface area contributed by atoms with Crippen molar-refractivity contribution < 1.29 is 15.0 Å². The van der Waals surface area contributed by atoms with E-state index in [-0.39, 0.29) is 42.7 Å². The van der Waals surface area contributed by atoms with E-state index >= 15 is 0 Å². The first-order valence-electron chi connectivity index (χ1n) is 2.80. The van der Waals surface area contributed by atoms with Crippen LogP contribution in [0, 0.1) is 0 Å². The second-order valence-corrected chi connectivity index (χ2v) is 1.65.